The highest BCUT2D eigenvalue weighted by molar-refractivity contribution is 6.32. The lowest BCUT2D eigenvalue weighted by atomic mass is 9.89. The molecule has 3 aromatic rings. The number of phenols is 1. The average molecular weight is 647 g/mol. The van der Waals surface area contributed by atoms with Crippen LogP contribution >= 0.6 is 35.6 Å². The third-order valence-electron chi connectivity index (χ3n) is 7.78. The van der Waals surface area contributed by atoms with Crippen LogP contribution in [0.15, 0.2) is 54.7 Å². The van der Waals surface area contributed by atoms with Crippen molar-refractivity contribution in [1.82, 2.24) is 14.8 Å². The first-order chi connectivity index (χ1) is 20.3. The maximum absolute atomic E-state index is 13.3. The van der Waals surface area contributed by atoms with Crippen LogP contribution in [0.4, 0.5) is 11.5 Å². The summed E-state index contributed by atoms with van der Waals surface area (Å²) < 4.78 is 0. The van der Waals surface area contributed by atoms with Crippen molar-refractivity contribution in [3.05, 3.63) is 81.5 Å². The van der Waals surface area contributed by atoms with E-state index in [0.29, 0.717) is 10.6 Å². The Hall–Kier alpha value is -3.37. The summed E-state index contributed by atoms with van der Waals surface area (Å²) in [4.78, 5) is 47.9. The molecule has 2 aliphatic heterocycles. The predicted molar refractivity (Wildman–Crippen MR) is 171 cm³/mol. The largest absolute Gasteiger partial charge is 0.506 e. The average Bonchev–Trinajstić information content (AvgIpc) is 2.99. The van der Waals surface area contributed by atoms with Gasteiger partial charge in [0.2, 0.25) is 5.91 Å². The number of amides is 3. The topological polar surface area (TPSA) is 115 Å². The van der Waals surface area contributed by atoms with E-state index in [1.54, 1.807) is 30.3 Å². The maximum atomic E-state index is 13.3. The van der Waals surface area contributed by atoms with Crippen molar-refractivity contribution in [3.8, 4) is 5.75 Å². The van der Waals surface area contributed by atoms with Gasteiger partial charge in [-0.05, 0) is 74.7 Å². The molecule has 5 rings (SSSR count). The molecule has 0 spiro atoms. The van der Waals surface area contributed by atoms with Gasteiger partial charge in [-0.2, -0.15) is 0 Å². The number of halogens is 3. The number of hydrogen-bond donors (Lipinski definition) is 3. The number of benzene rings is 2. The van der Waals surface area contributed by atoms with Crippen molar-refractivity contribution in [3.63, 3.8) is 0 Å². The summed E-state index contributed by atoms with van der Waals surface area (Å²) in [5, 5.41) is 16.3. The number of nitrogens with one attached hydrogen (secondary N) is 2. The molecule has 0 bridgehead atoms. The Balaban J connectivity index is 0.00000423. The Morgan fingerprint density at radius 3 is 2.33 bits per heavy atom. The second-order valence-corrected chi connectivity index (χ2v) is 11.5. The smallest absolute Gasteiger partial charge is 0.259 e. The first-order valence-corrected chi connectivity index (χ1v) is 14.9. The number of aromatic hydroxyl groups is 1. The summed E-state index contributed by atoms with van der Waals surface area (Å²) >= 11 is 12.0. The molecule has 2 aromatic carbocycles. The second-order valence-electron chi connectivity index (χ2n) is 10.7. The lowest BCUT2D eigenvalue weighted by molar-refractivity contribution is -0.135. The van der Waals surface area contributed by atoms with E-state index in [9.17, 15) is 19.5 Å². The molecule has 12 heteroatoms. The Morgan fingerprint density at radius 2 is 1.63 bits per heavy atom. The normalized spacial score (nSPS) is 17.2. The molecule has 3 N–H and O–H groups in total. The number of likely N-dealkylation sites (tertiary alicyclic amines) is 2. The van der Waals surface area contributed by atoms with Crippen LogP contribution in [0.3, 0.4) is 0 Å². The van der Waals surface area contributed by atoms with E-state index in [2.05, 4.69) is 20.5 Å². The van der Waals surface area contributed by atoms with E-state index >= 15 is 0 Å². The van der Waals surface area contributed by atoms with Gasteiger partial charge in [0.05, 0.1) is 22.2 Å². The molecule has 2 fully saturated rings. The Bertz CT molecular complexity index is 1450. The minimum Gasteiger partial charge on any atom is -0.506 e. The first-order valence-electron chi connectivity index (χ1n) is 14.2. The highest BCUT2D eigenvalue weighted by atomic mass is 35.5. The second kappa shape index (κ2) is 14.9. The van der Waals surface area contributed by atoms with Crippen LogP contribution in [0.25, 0.3) is 0 Å². The zero-order valence-electron chi connectivity index (χ0n) is 23.5. The van der Waals surface area contributed by atoms with Crippen molar-refractivity contribution in [2.24, 2.45) is 0 Å². The van der Waals surface area contributed by atoms with Crippen molar-refractivity contribution in [1.29, 1.82) is 0 Å². The number of anilines is 2. The standard InChI is InChI=1S/C31H33Cl2N5O4.ClH/c32-22-10-11-27(34-19-22)35-30(41)25-17-23(33)18-26(39)28(25)36-29(40)21-8-6-20(7-9-21)24-5-4-14-38(31(24)42)16-15-37-12-2-1-3-13-37;/h6-11,17-19,24,39H,1-5,12-16H2,(H,36,40)(H,34,35,41);1H. The van der Waals surface area contributed by atoms with Crippen LogP contribution < -0.4 is 10.6 Å². The SMILES string of the molecule is Cl.O=C(Nc1c(O)cc(Cl)cc1C(=O)Nc1ccc(Cl)cn1)c1ccc(C2CCCN(CCN3CCCCC3)C2=O)cc1. The van der Waals surface area contributed by atoms with Gasteiger partial charge < -0.3 is 25.5 Å². The van der Waals surface area contributed by atoms with Gasteiger partial charge in [-0.15, -0.1) is 12.4 Å². The summed E-state index contributed by atoms with van der Waals surface area (Å²) in [6.07, 6.45) is 6.82. The lowest BCUT2D eigenvalue weighted by Crippen LogP contribution is -2.45. The fourth-order valence-electron chi connectivity index (χ4n) is 5.51. The number of pyridine rings is 1. The Morgan fingerprint density at radius 1 is 0.884 bits per heavy atom. The minimum absolute atomic E-state index is 0. The lowest BCUT2D eigenvalue weighted by Gasteiger charge is -2.35. The fraction of sp³-hybridized carbons (Fsp3) is 0.355. The molecule has 1 aromatic heterocycles. The van der Waals surface area contributed by atoms with Gasteiger partial charge in [0.25, 0.3) is 11.8 Å². The molecule has 9 nitrogen and oxygen atoms in total. The summed E-state index contributed by atoms with van der Waals surface area (Å²) in [6, 6.07) is 12.6. The van der Waals surface area contributed by atoms with Gasteiger partial charge in [0.1, 0.15) is 11.6 Å². The monoisotopic (exact) mass is 645 g/mol. The maximum Gasteiger partial charge on any atom is 0.259 e. The molecule has 3 amide bonds. The molecule has 43 heavy (non-hydrogen) atoms. The van der Waals surface area contributed by atoms with Crippen LogP contribution in [-0.2, 0) is 4.79 Å². The van der Waals surface area contributed by atoms with E-state index < -0.39 is 11.8 Å². The molecule has 1 atom stereocenters. The van der Waals surface area contributed by atoms with Gasteiger partial charge in [-0.1, -0.05) is 41.8 Å². The molecule has 1 unspecified atom stereocenters. The van der Waals surface area contributed by atoms with Crippen molar-refractivity contribution >= 4 is 64.8 Å². The molecule has 0 saturated carbocycles. The molecular weight excluding hydrogens is 613 g/mol. The van der Waals surface area contributed by atoms with E-state index in [1.807, 2.05) is 4.90 Å². The van der Waals surface area contributed by atoms with E-state index in [0.717, 1.165) is 51.1 Å². The number of rotatable bonds is 8. The number of carbonyl (C=O) groups is 3. The zero-order valence-corrected chi connectivity index (χ0v) is 25.9. The van der Waals surface area contributed by atoms with Crippen LogP contribution in [0.2, 0.25) is 10.0 Å². The minimum atomic E-state index is -0.631. The number of piperidine rings is 2. The third-order valence-corrected chi connectivity index (χ3v) is 8.22. The summed E-state index contributed by atoms with van der Waals surface area (Å²) in [5.74, 6) is -1.40. The predicted octanol–water partition coefficient (Wildman–Crippen LogP) is 6.21. The van der Waals surface area contributed by atoms with Gasteiger partial charge in [-0.25, -0.2) is 4.98 Å². The first kappa shape index (κ1) is 32.5. The van der Waals surface area contributed by atoms with Crippen LogP contribution in [0.1, 0.15) is 64.3 Å². The van der Waals surface area contributed by atoms with Crippen molar-refractivity contribution in [2.45, 2.75) is 38.0 Å². The molecule has 2 saturated heterocycles. The Kier molecular flexibility index (Phi) is 11.3. The quantitative estimate of drug-likeness (QED) is 0.251. The summed E-state index contributed by atoms with van der Waals surface area (Å²) in [5.41, 5.74) is 1.04. The number of hydrogen-bond acceptors (Lipinski definition) is 6. The molecule has 0 radical (unpaired) electrons. The zero-order chi connectivity index (χ0) is 29.6. The molecule has 228 valence electrons. The van der Waals surface area contributed by atoms with Gasteiger partial charge >= 0.3 is 0 Å². The van der Waals surface area contributed by atoms with Gasteiger partial charge in [0, 0.05) is 42.5 Å². The summed E-state index contributed by atoms with van der Waals surface area (Å²) in [7, 11) is 0. The Labute approximate surface area is 267 Å². The highest BCUT2D eigenvalue weighted by Crippen LogP contribution is 2.33. The van der Waals surface area contributed by atoms with E-state index in [-0.39, 0.29) is 52.1 Å². The number of carbonyl (C=O) groups excluding carboxylic acids is 3. The highest BCUT2D eigenvalue weighted by Gasteiger charge is 2.30. The molecule has 0 aliphatic carbocycles. The fourth-order valence-corrected chi connectivity index (χ4v) is 5.83. The third kappa shape index (κ3) is 8.17. The number of nitrogens with zero attached hydrogens (tertiary/aromatic N) is 3. The van der Waals surface area contributed by atoms with E-state index in [4.69, 9.17) is 23.2 Å². The summed E-state index contributed by atoms with van der Waals surface area (Å²) in [6.45, 7) is 4.64. The number of phenolic OH excluding ortho intramolecular Hbond substituents is 1. The van der Waals surface area contributed by atoms with E-state index in [1.165, 1.54) is 43.7 Å². The van der Waals surface area contributed by atoms with Crippen LogP contribution in [0, 0.1) is 0 Å². The van der Waals surface area contributed by atoms with Crippen LogP contribution in [-0.4, -0.2) is 70.3 Å². The van der Waals surface area contributed by atoms with Gasteiger partial charge in [0.15, 0.2) is 0 Å². The van der Waals surface area contributed by atoms with Crippen LogP contribution in [0.5, 0.6) is 5.75 Å². The van der Waals surface area contributed by atoms with Crippen molar-refractivity contribution < 1.29 is 19.5 Å². The molecule has 3 heterocycles. The van der Waals surface area contributed by atoms with Gasteiger partial charge in [-0.3, -0.25) is 14.4 Å². The van der Waals surface area contributed by atoms with Crippen molar-refractivity contribution in [2.75, 3.05) is 43.4 Å². The molecular formula is C31H34Cl3N5O4. The number of aromatic nitrogens is 1. The molecule has 2 aliphatic rings.